The molecule has 2 N–H and O–H groups in total. The van der Waals surface area contributed by atoms with Gasteiger partial charge in [-0.3, -0.25) is 14.4 Å². The number of aryl methyl sites for hydroxylation is 1. The zero-order valence-corrected chi connectivity index (χ0v) is 17.4. The molecule has 0 bridgehead atoms. The number of likely N-dealkylation sites (tertiary alicyclic amines) is 1. The van der Waals surface area contributed by atoms with Crippen LogP contribution in [0, 0.1) is 12.8 Å². The van der Waals surface area contributed by atoms with Gasteiger partial charge in [-0.25, -0.2) is 14.6 Å². The van der Waals surface area contributed by atoms with Gasteiger partial charge in [0, 0.05) is 31.7 Å². The van der Waals surface area contributed by atoms with Crippen molar-refractivity contribution < 1.29 is 32.3 Å². The SMILES string of the molecule is COc1cnc(-n2cnc(C)n2)c2[nH]cc(C(=O)C(=O)NCC3CN(C(=O)C(F)(F)F)C3)c12. The van der Waals surface area contributed by atoms with Gasteiger partial charge in [-0.2, -0.15) is 18.3 Å². The lowest BCUT2D eigenvalue weighted by molar-refractivity contribution is -0.191. The van der Waals surface area contributed by atoms with Crippen molar-refractivity contribution in [1.29, 1.82) is 0 Å². The van der Waals surface area contributed by atoms with Crippen LogP contribution >= 0.6 is 0 Å². The van der Waals surface area contributed by atoms with E-state index in [0.29, 0.717) is 27.4 Å². The molecule has 33 heavy (non-hydrogen) atoms. The number of methoxy groups -OCH3 is 1. The zero-order valence-electron chi connectivity index (χ0n) is 17.4. The van der Waals surface area contributed by atoms with E-state index in [1.54, 1.807) is 6.92 Å². The van der Waals surface area contributed by atoms with Crippen molar-refractivity contribution in [3.63, 3.8) is 0 Å². The van der Waals surface area contributed by atoms with Crippen LogP contribution in [0.15, 0.2) is 18.7 Å². The van der Waals surface area contributed by atoms with Crippen LogP contribution < -0.4 is 10.1 Å². The number of hydrogen-bond donors (Lipinski definition) is 2. The Morgan fingerprint density at radius 1 is 1.27 bits per heavy atom. The molecule has 11 nitrogen and oxygen atoms in total. The Labute approximate surface area is 183 Å². The molecule has 0 radical (unpaired) electrons. The Kier molecular flexibility index (Phi) is 5.51. The molecule has 3 aromatic rings. The van der Waals surface area contributed by atoms with Gasteiger partial charge in [0.15, 0.2) is 5.82 Å². The van der Waals surface area contributed by atoms with E-state index in [9.17, 15) is 27.6 Å². The van der Waals surface area contributed by atoms with Crippen molar-refractivity contribution in [3.8, 4) is 11.6 Å². The fourth-order valence-electron chi connectivity index (χ4n) is 3.54. The lowest BCUT2D eigenvalue weighted by Gasteiger charge is -2.39. The number of aromatic amines is 1. The highest BCUT2D eigenvalue weighted by Gasteiger charge is 2.46. The summed E-state index contributed by atoms with van der Waals surface area (Å²) in [6.45, 7) is 1.35. The summed E-state index contributed by atoms with van der Waals surface area (Å²) < 4.78 is 44.0. The Hall–Kier alpha value is -3.97. The molecule has 3 aromatic heterocycles. The number of pyridine rings is 1. The monoisotopic (exact) mass is 465 g/mol. The first-order valence-electron chi connectivity index (χ1n) is 9.71. The number of nitrogens with one attached hydrogen (secondary N) is 2. The number of rotatable bonds is 6. The van der Waals surface area contributed by atoms with Gasteiger partial charge in [0.2, 0.25) is 0 Å². The lowest BCUT2D eigenvalue weighted by Crippen LogP contribution is -2.57. The topological polar surface area (TPSA) is 135 Å². The number of ketones is 1. The molecular formula is C19H18F3N7O4. The Morgan fingerprint density at radius 3 is 2.61 bits per heavy atom. The molecule has 4 heterocycles. The van der Waals surface area contributed by atoms with E-state index < -0.39 is 23.8 Å². The standard InChI is InChI=1S/C19H18F3N7O4/c1-9-26-8-29(27-9)16-14-13(12(33-2)5-24-16)11(4-23-14)15(30)17(31)25-3-10-6-28(7-10)18(32)19(20,21)22/h4-5,8,10,23H,3,6-7H2,1-2H3,(H,25,31). The van der Waals surface area contributed by atoms with Gasteiger partial charge < -0.3 is 19.9 Å². The second kappa shape index (κ2) is 8.18. The largest absolute Gasteiger partial charge is 0.494 e. The number of nitrogens with zero attached hydrogens (tertiary/aromatic N) is 5. The van der Waals surface area contributed by atoms with Crippen molar-refractivity contribution in [3.05, 3.63) is 30.1 Å². The Bertz CT molecular complexity index is 1240. The molecule has 14 heteroatoms. The molecule has 0 saturated carbocycles. The minimum absolute atomic E-state index is 0.0299. The van der Waals surface area contributed by atoms with Crippen molar-refractivity contribution >= 4 is 28.5 Å². The smallest absolute Gasteiger partial charge is 0.471 e. The first kappa shape index (κ1) is 22.2. The summed E-state index contributed by atoms with van der Waals surface area (Å²) in [4.78, 5) is 48.3. The number of hydrogen-bond acceptors (Lipinski definition) is 7. The number of aromatic nitrogens is 5. The molecule has 0 atom stereocenters. The Balaban J connectivity index is 1.48. The lowest BCUT2D eigenvalue weighted by atomic mass is 9.99. The van der Waals surface area contributed by atoms with E-state index in [2.05, 4.69) is 25.4 Å². The van der Waals surface area contributed by atoms with Gasteiger partial charge >= 0.3 is 12.1 Å². The number of Topliss-reactive ketones (excluding diaryl/α,β-unsaturated/α-hetero) is 1. The third-order valence-corrected chi connectivity index (χ3v) is 5.19. The van der Waals surface area contributed by atoms with Crippen LogP contribution in [0.1, 0.15) is 16.2 Å². The zero-order chi connectivity index (χ0) is 23.9. The predicted octanol–water partition coefficient (Wildman–Crippen LogP) is 0.780. The summed E-state index contributed by atoms with van der Waals surface area (Å²) in [6.07, 6.45) is -0.754. The van der Waals surface area contributed by atoms with Crippen LogP contribution in [0.5, 0.6) is 5.75 Å². The highest BCUT2D eigenvalue weighted by molar-refractivity contribution is 6.45. The molecular weight excluding hydrogens is 447 g/mol. The summed E-state index contributed by atoms with van der Waals surface area (Å²) in [5.41, 5.74) is 0.429. The van der Waals surface area contributed by atoms with Gasteiger partial charge in [0.25, 0.3) is 11.7 Å². The number of amides is 2. The van der Waals surface area contributed by atoms with Crippen LogP contribution in [0.2, 0.25) is 0 Å². The van der Waals surface area contributed by atoms with Crippen LogP contribution in [-0.4, -0.2) is 80.2 Å². The maximum atomic E-state index is 12.8. The van der Waals surface area contributed by atoms with Crippen molar-refractivity contribution in [2.45, 2.75) is 13.1 Å². The van der Waals surface area contributed by atoms with Gasteiger partial charge in [-0.15, -0.1) is 0 Å². The fraction of sp³-hybridized carbons (Fsp3) is 0.368. The number of carbonyl (C=O) groups excluding carboxylic acids is 3. The molecule has 0 unspecified atom stereocenters. The van der Waals surface area contributed by atoms with Gasteiger partial charge in [0.05, 0.1) is 29.8 Å². The molecule has 1 aliphatic heterocycles. The van der Waals surface area contributed by atoms with E-state index >= 15 is 0 Å². The molecule has 174 valence electrons. The van der Waals surface area contributed by atoms with Gasteiger partial charge in [0.1, 0.15) is 17.9 Å². The average molecular weight is 465 g/mol. The number of ether oxygens (including phenoxy) is 1. The van der Waals surface area contributed by atoms with Crippen LogP contribution in [-0.2, 0) is 9.59 Å². The summed E-state index contributed by atoms with van der Waals surface area (Å²) in [7, 11) is 1.39. The summed E-state index contributed by atoms with van der Waals surface area (Å²) >= 11 is 0. The van der Waals surface area contributed by atoms with Gasteiger partial charge in [-0.05, 0) is 6.92 Å². The fourth-order valence-corrected chi connectivity index (χ4v) is 3.54. The first-order chi connectivity index (χ1) is 15.6. The maximum Gasteiger partial charge on any atom is 0.471 e. The normalized spacial score (nSPS) is 14.3. The number of alkyl halides is 3. The average Bonchev–Trinajstić information content (AvgIpc) is 3.37. The highest BCUT2D eigenvalue weighted by atomic mass is 19.4. The minimum Gasteiger partial charge on any atom is -0.494 e. The molecule has 0 aromatic carbocycles. The molecule has 4 rings (SSSR count). The second-order valence-electron chi connectivity index (χ2n) is 7.45. The molecule has 0 aliphatic carbocycles. The summed E-state index contributed by atoms with van der Waals surface area (Å²) in [5.74, 6) is -2.99. The number of halogens is 3. The number of carbonyl (C=O) groups is 3. The third-order valence-electron chi connectivity index (χ3n) is 5.19. The Morgan fingerprint density at radius 2 is 2.00 bits per heavy atom. The molecule has 2 amide bonds. The summed E-state index contributed by atoms with van der Waals surface area (Å²) in [5, 5.41) is 6.93. The number of fused-ring (bicyclic) bond motifs is 1. The summed E-state index contributed by atoms with van der Waals surface area (Å²) in [6, 6.07) is 0. The van der Waals surface area contributed by atoms with E-state index in [4.69, 9.17) is 4.74 Å². The second-order valence-corrected chi connectivity index (χ2v) is 7.45. The van der Waals surface area contributed by atoms with E-state index in [0.717, 1.165) is 0 Å². The predicted molar refractivity (Wildman–Crippen MR) is 106 cm³/mol. The molecule has 1 saturated heterocycles. The van der Waals surface area contributed by atoms with Crippen LogP contribution in [0.3, 0.4) is 0 Å². The van der Waals surface area contributed by atoms with Crippen molar-refractivity contribution in [2.75, 3.05) is 26.7 Å². The molecule has 0 spiro atoms. The minimum atomic E-state index is -4.93. The van der Waals surface area contributed by atoms with Crippen molar-refractivity contribution in [2.24, 2.45) is 5.92 Å². The highest BCUT2D eigenvalue weighted by Crippen LogP contribution is 2.31. The number of H-pyrrole nitrogens is 1. The third kappa shape index (κ3) is 4.10. The molecule has 1 fully saturated rings. The quantitative estimate of drug-likeness (QED) is 0.406. The van der Waals surface area contributed by atoms with Crippen LogP contribution in [0.25, 0.3) is 16.7 Å². The van der Waals surface area contributed by atoms with Crippen molar-refractivity contribution in [1.82, 2.24) is 34.9 Å². The first-order valence-corrected chi connectivity index (χ1v) is 9.71. The van der Waals surface area contributed by atoms with E-state index in [1.807, 2.05) is 0 Å². The van der Waals surface area contributed by atoms with Gasteiger partial charge in [-0.1, -0.05) is 0 Å². The molecule has 1 aliphatic rings. The maximum absolute atomic E-state index is 12.8. The van der Waals surface area contributed by atoms with E-state index in [1.165, 1.54) is 30.5 Å². The van der Waals surface area contributed by atoms with Crippen LogP contribution in [0.4, 0.5) is 13.2 Å². The van der Waals surface area contributed by atoms with E-state index in [-0.39, 0.29) is 36.9 Å².